The summed E-state index contributed by atoms with van der Waals surface area (Å²) in [5.41, 5.74) is 13.1. The van der Waals surface area contributed by atoms with E-state index in [0.29, 0.717) is 29.0 Å². The van der Waals surface area contributed by atoms with Gasteiger partial charge in [-0.15, -0.1) is 0 Å². The first-order valence-corrected chi connectivity index (χ1v) is 10.0. The van der Waals surface area contributed by atoms with Crippen molar-refractivity contribution in [3.63, 3.8) is 0 Å². The number of pyridine rings is 1. The Morgan fingerprint density at radius 2 is 2.07 bits per heavy atom. The lowest BCUT2D eigenvalue weighted by atomic mass is 10.2. The molecule has 0 aliphatic heterocycles. The number of fused-ring (bicyclic) bond motifs is 1. The van der Waals surface area contributed by atoms with Crippen LogP contribution in [0.2, 0.25) is 0 Å². The molecule has 5 N–H and O–H groups in total. The first-order chi connectivity index (χ1) is 14.0. The molecule has 0 saturated carbocycles. The van der Waals surface area contributed by atoms with E-state index in [1.807, 2.05) is 6.07 Å². The molecule has 10 heteroatoms. The molecule has 0 spiro atoms. The molecule has 0 fully saturated rings. The highest BCUT2D eigenvalue weighted by atomic mass is 32.2. The van der Waals surface area contributed by atoms with Gasteiger partial charge in [0.2, 0.25) is 0 Å². The van der Waals surface area contributed by atoms with Gasteiger partial charge >= 0.3 is 0 Å². The molecule has 0 aliphatic rings. The fraction of sp³-hybridized carbons (Fsp3) is 0.105. The number of hydrogen-bond acceptors (Lipinski definition) is 8. The van der Waals surface area contributed by atoms with Gasteiger partial charge in [-0.2, -0.15) is 5.26 Å². The number of nitrogen functional groups attached to an aromatic ring is 1. The van der Waals surface area contributed by atoms with Crippen molar-refractivity contribution in [3.05, 3.63) is 60.7 Å². The van der Waals surface area contributed by atoms with E-state index in [0.717, 1.165) is 3.97 Å². The highest BCUT2D eigenvalue weighted by Gasteiger charge is 2.21. The van der Waals surface area contributed by atoms with Gasteiger partial charge < -0.3 is 16.8 Å². The van der Waals surface area contributed by atoms with Gasteiger partial charge in [0.25, 0.3) is 10.0 Å². The second kappa shape index (κ2) is 8.45. The molecule has 0 saturated heterocycles. The van der Waals surface area contributed by atoms with Crippen LogP contribution in [-0.2, 0) is 10.0 Å². The van der Waals surface area contributed by atoms with Crippen molar-refractivity contribution < 1.29 is 8.42 Å². The molecule has 0 unspecified atom stereocenters. The number of nitrogens with one attached hydrogen (secondary N) is 1. The Morgan fingerprint density at radius 1 is 1.31 bits per heavy atom. The topological polar surface area (TPSA) is 152 Å². The van der Waals surface area contributed by atoms with Gasteiger partial charge in [0.1, 0.15) is 0 Å². The second-order valence-electron chi connectivity index (χ2n) is 5.95. The smallest absolute Gasteiger partial charge is 0.269 e. The fourth-order valence-corrected chi connectivity index (χ4v) is 3.98. The Morgan fingerprint density at radius 3 is 2.76 bits per heavy atom. The van der Waals surface area contributed by atoms with E-state index in [1.54, 1.807) is 24.3 Å². The van der Waals surface area contributed by atoms with Gasteiger partial charge in [0.15, 0.2) is 5.65 Å². The summed E-state index contributed by atoms with van der Waals surface area (Å²) in [5.74, 6) is 0. The number of nitrogens with two attached hydrogens (primary N) is 2. The summed E-state index contributed by atoms with van der Waals surface area (Å²) in [6.45, 7) is 0.336. The third-order valence-corrected chi connectivity index (χ3v) is 5.72. The van der Waals surface area contributed by atoms with Crippen LogP contribution in [0.5, 0.6) is 0 Å². The lowest BCUT2D eigenvalue weighted by Crippen LogP contribution is -2.13. The number of allylic oxidation sites excluding steroid dienone is 1. The van der Waals surface area contributed by atoms with Gasteiger partial charge in [0.05, 0.1) is 47.2 Å². The summed E-state index contributed by atoms with van der Waals surface area (Å²) in [4.78, 5) is 8.47. The van der Waals surface area contributed by atoms with E-state index in [2.05, 4.69) is 15.3 Å². The van der Waals surface area contributed by atoms with Gasteiger partial charge in [-0.05, 0) is 18.2 Å². The molecule has 148 valence electrons. The Kier molecular flexibility index (Phi) is 5.80. The number of nitriles is 1. The molecular weight excluding hydrogens is 390 g/mol. The van der Waals surface area contributed by atoms with Crippen molar-refractivity contribution in [2.75, 3.05) is 17.6 Å². The third kappa shape index (κ3) is 4.04. The van der Waals surface area contributed by atoms with Crippen LogP contribution in [0, 0.1) is 11.3 Å². The summed E-state index contributed by atoms with van der Waals surface area (Å²) in [7, 11) is -3.82. The van der Waals surface area contributed by atoms with E-state index in [1.165, 1.54) is 36.9 Å². The van der Waals surface area contributed by atoms with Crippen LogP contribution in [0.1, 0.15) is 6.42 Å². The normalized spacial score (nSPS) is 12.3. The number of benzene rings is 1. The van der Waals surface area contributed by atoms with Crippen LogP contribution in [0.4, 0.5) is 11.4 Å². The van der Waals surface area contributed by atoms with E-state index < -0.39 is 10.0 Å². The minimum absolute atomic E-state index is 0.151. The predicted molar refractivity (Wildman–Crippen MR) is 113 cm³/mol. The predicted octanol–water partition coefficient (Wildman–Crippen LogP) is 2.05. The number of rotatable bonds is 7. The van der Waals surface area contributed by atoms with E-state index >= 15 is 0 Å². The number of aromatic nitrogens is 2. The van der Waals surface area contributed by atoms with Crippen molar-refractivity contribution in [1.29, 1.82) is 5.26 Å². The molecule has 1 aromatic carbocycles. The molecule has 0 aliphatic carbocycles. The zero-order valence-electron chi connectivity index (χ0n) is 15.4. The Hall–Kier alpha value is -3.84. The molecule has 2 heterocycles. The lowest BCUT2D eigenvalue weighted by Gasteiger charge is -2.12. The first kappa shape index (κ1) is 19.9. The molecule has 3 aromatic rings. The molecule has 2 aromatic heterocycles. The van der Waals surface area contributed by atoms with E-state index in [9.17, 15) is 8.42 Å². The maximum absolute atomic E-state index is 13.0. The zero-order chi connectivity index (χ0) is 20.9. The molecule has 0 atom stereocenters. The number of hydrogen-bond donors (Lipinski definition) is 3. The zero-order valence-corrected chi connectivity index (χ0v) is 16.2. The molecule has 0 bridgehead atoms. The van der Waals surface area contributed by atoms with Crippen molar-refractivity contribution in [2.24, 2.45) is 10.7 Å². The monoisotopic (exact) mass is 409 g/mol. The van der Waals surface area contributed by atoms with Crippen LogP contribution in [0.25, 0.3) is 11.0 Å². The minimum Gasteiger partial charge on any atom is -0.403 e. The molecule has 0 amide bonds. The second-order valence-corrected chi connectivity index (χ2v) is 7.76. The standard InChI is InChI=1S/C19H19N7O2S/c20-8-4-9-23-12-14(11-21)25-18-16-7-10-26(19(16)24-13-17(18)22)29(27,28)15-5-2-1-3-6-15/h1-3,5-7,10-13H,4,9,21-22H2,(H,24,25). The van der Waals surface area contributed by atoms with Gasteiger partial charge in [0, 0.05) is 24.0 Å². The lowest BCUT2D eigenvalue weighted by molar-refractivity contribution is 0.589. The third-order valence-electron chi connectivity index (χ3n) is 4.04. The van der Waals surface area contributed by atoms with Crippen molar-refractivity contribution in [1.82, 2.24) is 8.96 Å². The molecule has 0 radical (unpaired) electrons. The number of anilines is 2. The summed E-state index contributed by atoms with van der Waals surface area (Å²) in [5, 5.41) is 12.1. The van der Waals surface area contributed by atoms with Crippen LogP contribution in [-0.4, -0.2) is 30.1 Å². The summed E-state index contributed by atoms with van der Waals surface area (Å²) >= 11 is 0. The number of nitrogens with zero attached hydrogens (tertiary/aromatic N) is 4. The maximum Gasteiger partial charge on any atom is 0.269 e. The van der Waals surface area contributed by atoms with Crippen molar-refractivity contribution in [2.45, 2.75) is 11.3 Å². The average Bonchev–Trinajstić information content (AvgIpc) is 3.17. The summed E-state index contributed by atoms with van der Waals surface area (Å²) in [6.07, 6.45) is 5.89. The summed E-state index contributed by atoms with van der Waals surface area (Å²) < 4.78 is 27.1. The fourth-order valence-electron chi connectivity index (χ4n) is 2.66. The summed E-state index contributed by atoms with van der Waals surface area (Å²) in [6, 6.07) is 11.7. The highest BCUT2D eigenvalue weighted by molar-refractivity contribution is 7.90. The molecule has 3 rings (SSSR count). The minimum atomic E-state index is -3.82. The quantitative estimate of drug-likeness (QED) is 0.399. The Labute approximate surface area is 168 Å². The van der Waals surface area contributed by atoms with Gasteiger partial charge in [-0.25, -0.2) is 17.4 Å². The van der Waals surface area contributed by atoms with Crippen LogP contribution >= 0.6 is 0 Å². The Bertz CT molecular complexity index is 1220. The van der Waals surface area contributed by atoms with Crippen molar-refractivity contribution in [3.8, 4) is 6.07 Å². The van der Waals surface area contributed by atoms with Crippen LogP contribution in [0.3, 0.4) is 0 Å². The van der Waals surface area contributed by atoms with E-state index in [4.69, 9.17) is 16.7 Å². The molecular formula is C19H19N7O2S. The van der Waals surface area contributed by atoms with Gasteiger partial charge in [-0.3, -0.25) is 4.99 Å². The SMILES string of the molecule is N#CCCN=CC(=CN)Nc1c(N)cnc2c1ccn2S(=O)(=O)c1ccccc1. The molecule has 9 nitrogen and oxygen atoms in total. The highest BCUT2D eigenvalue weighted by Crippen LogP contribution is 2.31. The van der Waals surface area contributed by atoms with Crippen molar-refractivity contribution >= 4 is 38.6 Å². The van der Waals surface area contributed by atoms with Crippen LogP contribution < -0.4 is 16.8 Å². The van der Waals surface area contributed by atoms with Gasteiger partial charge in [-0.1, -0.05) is 18.2 Å². The largest absolute Gasteiger partial charge is 0.403 e. The molecule has 29 heavy (non-hydrogen) atoms. The Balaban J connectivity index is 2.02. The maximum atomic E-state index is 13.0. The first-order valence-electron chi connectivity index (χ1n) is 8.61. The average molecular weight is 409 g/mol. The van der Waals surface area contributed by atoms with E-state index in [-0.39, 0.29) is 17.0 Å². The van der Waals surface area contributed by atoms with Crippen LogP contribution in [0.15, 0.2) is 70.6 Å². The number of aliphatic imine (C=N–C) groups is 1.